The Morgan fingerprint density at radius 3 is 2.15 bits per heavy atom. The average Bonchev–Trinajstić information content (AvgIpc) is 2.99. The number of nitrogens with zero attached hydrogens (tertiary/aromatic N) is 3. The molecule has 46 heavy (non-hydrogen) atoms. The Bertz CT molecular complexity index is 1450. The van der Waals surface area contributed by atoms with Gasteiger partial charge in [-0.2, -0.15) is 13.2 Å². The largest absolute Gasteiger partial charge is 0.489 e. The summed E-state index contributed by atoms with van der Waals surface area (Å²) in [5.41, 5.74) is 2.02. The van der Waals surface area contributed by atoms with E-state index in [1.807, 2.05) is 40.1 Å². The van der Waals surface area contributed by atoms with Crippen molar-refractivity contribution in [2.45, 2.75) is 63.9 Å². The quantitative estimate of drug-likeness (QED) is 0.262. The molecule has 0 aliphatic carbocycles. The van der Waals surface area contributed by atoms with Gasteiger partial charge in [0.25, 0.3) is 0 Å². The minimum Gasteiger partial charge on any atom is -0.489 e. The third-order valence-electron chi connectivity index (χ3n) is 8.80. The molecule has 0 amide bonds. The molecule has 6 nitrogen and oxygen atoms in total. The molecule has 1 unspecified atom stereocenters. The van der Waals surface area contributed by atoms with Crippen molar-refractivity contribution in [3.8, 4) is 5.75 Å². The van der Waals surface area contributed by atoms with Crippen molar-refractivity contribution in [3.05, 3.63) is 94.6 Å². The van der Waals surface area contributed by atoms with Gasteiger partial charge in [0, 0.05) is 30.4 Å². The predicted molar refractivity (Wildman–Crippen MR) is 166 cm³/mol. The van der Waals surface area contributed by atoms with Crippen LogP contribution in [0, 0.1) is 11.6 Å². The van der Waals surface area contributed by atoms with E-state index in [-0.39, 0.29) is 13.0 Å². The molecule has 0 bridgehead atoms. The predicted octanol–water partition coefficient (Wildman–Crippen LogP) is 7.21. The summed E-state index contributed by atoms with van der Waals surface area (Å²) < 4.78 is 79.7. The van der Waals surface area contributed by atoms with Crippen LogP contribution in [-0.4, -0.2) is 72.4 Å². The lowest BCUT2D eigenvalue weighted by Gasteiger charge is -2.43. The molecular formula is C35H40F5N3O3. The summed E-state index contributed by atoms with van der Waals surface area (Å²) in [5, 5.41) is 9.14. The van der Waals surface area contributed by atoms with E-state index in [1.165, 1.54) is 12.1 Å². The number of aliphatic carboxylic acids is 1. The average molecular weight is 646 g/mol. The van der Waals surface area contributed by atoms with Crippen molar-refractivity contribution in [1.82, 2.24) is 9.80 Å². The first-order valence-electron chi connectivity index (χ1n) is 15.8. The number of carboxylic acids is 1. The molecular weight excluding hydrogens is 605 g/mol. The monoisotopic (exact) mass is 645 g/mol. The van der Waals surface area contributed by atoms with Gasteiger partial charge >= 0.3 is 12.1 Å². The number of alkyl halides is 3. The van der Waals surface area contributed by atoms with Crippen LogP contribution in [0.3, 0.4) is 0 Å². The highest BCUT2D eigenvalue weighted by Crippen LogP contribution is 2.43. The van der Waals surface area contributed by atoms with Crippen LogP contribution in [0.2, 0.25) is 0 Å². The fourth-order valence-corrected chi connectivity index (χ4v) is 6.62. The van der Waals surface area contributed by atoms with Gasteiger partial charge in [0.2, 0.25) is 0 Å². The molecule has 11 heteroatoms. The van der Waals surface area contributed by atoms with Crippen molar-refractivity contribution in [3.63, 3.8) is 0 Å². The highest BCUT2D eigenvalue weighted by atomic mass is 19.4. The first kappa shape index (κ1) is 33.7. The highest BCUT2D eigenvalue weighted by Gasteiger charge is 2.42. The van der Waals surface area contributed by atoms with E-state index in [9.17, 15) is 18.0 Å². The van der Waals surface area contributed by atoms with Crippen molar-refractivity contribution in [2.24, 2.45) is 0 Å². The maximum Gasteiger partial charge on any atom is 0.401 e. The zero-order chi connectivity index (χ0) is 32.8. The van der Waals surface area contributed by atoms with Crippen LogP contribution in [-0.2, 0) is 17.8 Å². The molecule has 0 radical (unpaired) electrons. The Morgan fingerprint density at radius 2 is 1.54 bits per heavy atom. The molecule has 0 spiro atoms. The summed E-state index contributed by atoms with van der Waals surface area (Å²) in [7, 11) is 0. The van der Waals surface area contributed by atoms with Gasteiger partial charge < -0.3 is 14.7 Å². The first-order chi connectivity index (χ1) is 22.0. The summed E-state index contributed by atoms with van der Waals surface area (Å²) >= 11 is 0. The third kappa shape index (κ3) is 8.55. The van der Waals surface area contributed by atoms with Crippen LogP contribution in [0.5, 0.6) is 5.75 Å². The second-order valence-electron chi connectivity index (χ2n) is 12.3. The first-order valence-corrected chi connectivity index (χ1v) is 15.8. The Labute approximate surface area is 266 Å². The van der Waals surface area contributed by atoms with Gasteiger partial charge in [-0.3, -0.25) is 14.6 Å². The topological polar surface area (TPSA) is 56.3 Å². The summed E-state index contributed by atoms with van der Waals surface area (Å²) in [6.07, 6.45) is -1.45. The van der Waals surface area contributed by atoms with Crippen LogP contribution in [0.25, 0.3) is 0 Å². The summed E-state index contributed by atoms with van der Waals surface area (Å²) in [5.74, 6) is -2.11. The molecule has 3 aromatic carbocycles. The van der Waals surface area contributed by atoms with Gasteiger partial charge in [-0.15, -0.1) is 0 Å². The molecule has 2 aliphatic heterocycles. The minimum absolute atomic E-state index is 0.0160. The number of rotatable bonds is 8. The normalized spacial score (nSPS) is 20.3. The molecule has 0 saturated carbocycles. The van der Waals surface area contributed by atoms with Crippen LogP contribution < -0.4 is 9.64 Å². The fourth-order valence-electron chi connectivity index (χ4n) is 6.62. The van der Waals surface area contributed by atoms with E-state index in [0.717, 1.165) is 23.3 Å². The van der Waals surface area contributed by atoms with Crippen molar-refractivity contribution >= 4 is 11.7 Å². The smallest absolute Gasteiger partial charge is 0.401 e. The molecule has 248 valence electrons. The van der Waals surface area contributed by atoms with Gasteiger partial charge in [-0.05, 0) is 93.1 Å². The van der Waals surface area contributed by atoms with E-state index < -0.39 is 48.0 Å². The Hall–Kier alpha value is -3.70. The van der Waals surface area contributed by atoms with E-state index in [4.69, 9.17) is 9.84 Å². The number of hydrogen-bond donors (Lipinski definition) is 1. The molecule has 1 fully saturated rings. The summed E-state index contributed by atoms with van der Waals surface area (Å²) in [6, 6.07) is 15.1. The SMILES string of the molecule is C[C@@H]1Cc2cc(OCc3ccccc3)ccc2C(c2c(F)cc(N3CCCCN(CC(=O)O)CCCC3)cc2F)N1CC(F)(F)F. The highest BCUT2D eigenvalue weighted by molar-refractivity contribution is 5.69. The van der Waals surface area contributed by atoms with E-state index in [0.29, 0.717) is 68.2 Å². The number of fused-ring (bicyclic) bond motifs is 1. The van der Waals surface area contributed by atoms with Gasteiger partial charge in [-0.1, -0.05) is 36.4 Å². The van der Waals surface area contributed by atoms with Crippen LogP contribution in [0.4, 0.5) is 27.6 Å². The van der Waals surface area contributed by atoms with Crippen molar-refractivity contribution < 1.29 is 36.6 Å². The fraction of sp³-hybridized carbons (Fsp3) is 0.457. The molecule has 2 aliphatic rings. The lowest BCUT2D eigenvalue weighted by atomic mass is 9.84. The molecule has 2 heterocycles. The molecule has 0 aromatic heterocycles. The number of anilines is 1. The van der Waals surface area contributed by atoms with Gasteiger partial charge in [-0.25, -0.2) is 8.78 Å². The van der Waals surface area contributed by atoms with Crippen LogP contribution in [0.15, 0.2) is 60.7 Å². The van der Waals surface area contributed by atoms with Crippen molar-refractivity contribution in [2.75, 3.05) is 44.2 Å². The Morgan fingerprint density at radius 1 is 0.913 bits per heavy atom. The molecule has 1 N–H and O–H groups in total. The van der Waals surface area contributed by atoms with E-state index in [2.05, 4.69) is 0 Å². The lowest BCUT2D eigenvalue weighted by Crippen LogP contribution is -2.47. The Balaban J connectivity index is 1.42. The minimum atomic E-state index is -4.57. The van der Waals surface area contributed by atoms with Crippen LogP contribution >= 0.6 is 0 Å². The molecule has 1 saturated heterocycles. The molecule has 2 atom stereocenters. The Kier molecular flexibility index (Phi) is 10.8. The third-order valence-corrected chi connectivity index (χ3v) is 8.80. The maximum absolute atomic E-state index is 16.1. The number of hydrogen-bond acceptors (Lipinski definition) is 5. The van der Waals surface area contributed by atoms with Crippen molar-refractivity contribution in [1.29, 1.82) is 0 Å². The second-order valence-corrected chi connectivity index (χ2v) is 12.3. The second kappa shape index (κ2) is 14.8. The standard InChI is InChI=1S/C35H40F5N3O3/c1-24-17-26-18-28(46-22-25-9-3-2-4-10-25)11-12-29(26)34(43(24)23-35(38,39)40)33-30(36)19-27(20-31(33)37)42-15-7-5-13-41(21-32(44)45)14-6-8-16-42/h2-4,9-12,18-20,24,34H,5-8,13-17,21-23H2,1H3,(H,44,45)/t24-,34?/m1/s1. The molecule has 3 aromatic rings. The zero-order valence-electron chi connectivity index (χ0n) is 25.9. The van der Waals surface area contributed by atoms with Gasteiger partial charge in [0.15, 0.2) is 0 Å². The van der Waals surface area contributed by atoms with Gasteiger partial charge in [0.1, 0.15) is 24.0 Å². The molecule has 5 rings (SSSR count). The maximum atomic E-state index is 16.1. The van der Waals surface area contributed by atoms with Gasteiger partial charge in [0.05, 0.1) is 19.1 Å². The summed E-state index contributed by atoms with van der Waals surface area (Å²) in [6.45, 7) is 2.91. The van der Waals surface area contributed by atoms with Crippen LogP contribution in [0.1, 0.15) is 60.9 Å². The van der Waals surface area contributed by atoms with E-state index >= 15 is 8.78 Å². The number of carboxylic acid groups (broad SMARTS) is 1. The van der Waals surface area contributed by atoms with E-state index in [1.54, 1.807) is 25.1 Å². The number of halogens is 5. The zero-order valence-corrected chi connectivity index (χ0v) is 25.9. The summed E-state index contributed by atoms with van der Waals surface area (Å²) in [4.78, 5) is 16.1. The number of benzene rings is 3. The number of carbonyl (C=O) groups is 1. The number of ether oxygens (including phenoxy) is 1. The lowest BCUT2D eigenvalue weighted by molar-refractivity contribution is -0.155.